The number of hydrogen-bond donors (Lipinski definition) is 3. The predicted octanol–water partition coefficient (Wildman–Crippen LogP) is 3.03. The van der Waals surface area contributed by atoms with Crippen LogP contribution in [0.3, 0.4) is 0 Å². The molecule has 2 atom stereocenters. The molecule has 0 saturated carbocycles. The third-order valence-corrected chi connectivity index (χ3v) is 9.73. The smallest absolute Gasteiger partial charge is 0.251 e. The first-order chi connectivity index (χ1) is 22.7. The number of amides is 3. The third kappa shape index (κ3) is 5.92. The van der Waals surface area contributed by atoms with Crippen LogP contribution in [-0.2, 0) is 39.0 Å². The van der Waals surface area contributed by atoms with Gasteiger partial charge in [0, 0.05) is 55.8 Å². The molecule has 0 saturated heterocycles. The zero-order chi connectivity index (χ0) is 32.7. The molecule has 11 nitrogen and oxygen atoms in total. The zero-order valence-electron chi connectivity index (χ0n) is 26.9. The predicted molar refractivity (Wildman–Crippen MR) is 179 cm³/mol. The molecule has 2 aromatic heterocycles. The number of carbonyl (C=O) groups is 3. The molecule has 3 N–H and O–H groups in total. The number of aromatic nitrogens is 3. The Labute approximate surface area is 273 Å². The highest BCUT2D eigenvalue weighted by Crippen LogP contribution is 2.47. The van der Waals surface area contributed by atoms with E-state index in [2.05, 4.69) is 30.7 Å². The fraction of sp³-hybridized carbons (Fsp3) is 0.361. The zero-order valence-corrected chi connectivity index (χ0v) is 26.9. The molecule has 1 spiro atoms. The van der Waals surface area contributed by atoms with Gasteiger partial charge in [0.15, 0.2) is 0 Å². The van der Waals surface area contributed by atoms with Gasteiger partial charge < -0.3 is 25.2 Å². The Morgan fingerprint density at radius 3 is 2.72 bits per heavy atom. The number of pyridine rings is 1. The molecule has 2 aromatic carbocycles. The molecule has 3 amide bonds. The fourth-order valence-electron chi connectivity index (χ4n) is 7.03. The minimum Gasteiger partial charge on any atom is -0.376 e. The lowest BCUT2D eigenvalue weighted by Gasteiger charge is -2.27. The Morgan fingerprint density at radius 1 is 1.00 bits per heavy atom. The lowest BCUT2D eigenvalue weighted by atomic mass is 9.79. The molecule has 2 aliphatic heterocycles. The largest absolute Gasteiger partial charge is 0.376 e. The van der Waals surface area contributed by atoms with Crippen molar-refractivity contribution in [2.24, 2.45) is 0 Å². The molecule has 0 fully saturated rings. The van der Waals surface area contributed by atoms with Gasteiger partial charge in [-0.1, -0.05) is 24.3 Å². The van der Waals surface area contributed by atoms with Gasteiger partial charge in [0.2, 0.25) is 11.8 Å². The van der Waals surface area contributed by atoms with Crippen molar-refractivity contribution in [3.8, 4) is 0 Å². The van der Waals surface area contributed by atoms with Gasteiger partial charge in [-0.25, -0.2) is 4.98 Å². The first-order valence-corrected chi connectivity index (χ1v) is 16.1. The maximum absolute atomic E-state index is 13.9. The van der Waals surface area contributed by atoms with Gasteiger partial charge in [-0.2, -0.15) is 5.10 Å². The molecule has 0 radical (unpaired) electrons. The number of rotatable bonds is 2. The van der Waals surface area contributed by atoms with Crippen molar-refractivity contribution >= 4 is 40.5 Å². The van der Waals surface area contributed by atoms with Gasteiger partial charge in [-0.3, -0.25) is 19.5 Å². The number of likely N-dealkylation sites (N-methyl/N-ethyl adjacent to an activating group) is 2. The maximum Gasteiger partial charge on any atom is 0.251 e. The summed E-state index contributed by atoms with van der Waals surface area (Å²) < 4.78 is 5.85. The molecule has 4 heterocycles. The molecular formula is C36H39N7O4. The number of anilines is 1. The van der Waals surface area contributed by atoms with Crippen molar-refractivity contribution in [2.45, 2.75) is 37.6 Å². The third-order valence-electron chi connectivity index (χ3n) is 9.73. The number of ether oxygens (including phenoxy) is 1. The standard InChI is InChI=1S/C36H39N7O4/c1-22-13-24(14-28-21-38-41-31(22)28)16-30-34(45)43(3)9-8-42(2)10-12-47-11-4-5-23-15-29-32(37-20-23)40-35(46)36(29)18-26-7-6-25(33(44)39-30)17-27(26)19-36/h4-7,13-15,17,20-21,30H,8-12,16,18-19H2,1-3H3,(H,38,41)(H,39,44)(H,37,40,46)/b5-4-/t30-,36+/m1/s1. The summed E-state index contributed by atoms with van der Waals surface area (Å²) in [4.78, 5) is 49.6. The summed E-state index contributed by atoms with van der Waals surface area (Å²) in [7, 11) is 3.78. The van der Waals surface area contributed by atoms with Crippen molar-refractivity contribution in [3.05, 3.63) is 93.8 Å². The molecule has 5 bridgehead atoms. The molecule has 11 heteroatoms. The second-order valence-electron chi connectivity index (χ2n) is 13.1. The van der Waals surface area contributed by atoms with Crippen LogP contribution in [0, 0.1) is 6.92 Å². The molecule has 4 aromatic rings. The van der Waals surface area contributed by atoms with Crippen LogP contribution >= 0.6 is 0 Å². The Balaban J connectivity index is 1.21. The van der Waals surface area contributed by atoms with Gasteiger partial charge >= 0.3 is 0 Å². The van der Waals surface area contributed by atoms with Crippen LogP contribution in [0.5, 0.6) is 0 Å². The molecule has 47 heavy (non-hydrogen) atoms. The van der Waals surface area contributed by atoms with Crippen LogP contribution < -0.4 is 10.6 Å². The van der Waals surface area contributed by atoms with E-state index in [1.165, 1.54) is 0 Å². The van der Waals surface area contributed by atoms with Crippen molar-refractivity contribution in [1.29, 1.82) is 0 Å². The van der Waals surface area contributed by atoms with Crippen LogP contribution in [0.1, 0.15) is 43.7 Å². The van der Waals surface area contributed by atoms with E-state index in [1.807, 2.05) is 56.5 Å². The summed E-state index contributed by atoms with van der Waals surface area (Å²) in [6.45, 7) is 4.84. The number of aromatic amines is 1. The van der Waals surface area contributed by atoms with E-state index in [1.54, 1.807) is 30.4 Å². The lowest BCUT2D eigenvalue weighted by molar-refractivity contribution is -0.132. The fourth-order valence-corrected chi connectivity index (χ4v) is 7.03. The maximum atomic E-state index is 13.9. The quantitative estimate of drug-likeness (QED) is 0.309. The highest BCUT2D eigenvalue weighted by atomic mass is 16.5. The summed E-state index contributed by atoms with van der Waals surface area (Å²) in [5, 5.41) is 14.2. The number of carbonyl (C=O) groups excluding carboxylic acids is 3. The minimum atomic E-state index is -0.786. The molecule has 1 aliphatic carbocycles. The number of aryl methyl sites for hydroxylation is 1. The number of nitrogens with zero attached hydrogens (tertiary/aromatic N) is 4. The highest BCUT2D eigenvalue weighted by Gasteiger charge is 2.51. The van der Waals surface area contributed by atoms with Crippen LogP contribution in [0.2, 0.25) is 0 Å². The molecule has 0 unspecified atom stereocenters. The Kier molecular flexibility index (Phi) is 8.11. The molecule has 7 rings (SSSR count). The molecule has 3 aliphatic rings. The number of nitrogens with one attached hydrogen (secondary N) is 3. The summed E-state index contributed by atoms with van der Waals surface area (Å²) >= 11 is 0. The van der Waals surface area contributed by atoms with E-state index in [4.69, 9.17) is 4.74 Å². The van der Waals surface area contributed by atoms with E-state index < -0.39 is 11.5 Å². The Morgan fingerprint density at radius 2 is 1.85 bits per heavy atom. The van der Waals surface area contributed by atoms with Crippen LogP contribution in [-0.4, -0.2) is 95.7 Å². The second-order valence-corrected chi connectivity index (χ2v) is 13.1. The SMILES string of the molecule is Cc1cc(C[C@H]2NC(=O)c3ccc4c(c3)C[C@]3(C4)C(=O)Nc4ncc(cc43)/C=C\COCCN(C)CCN(C)C2=O)cc2cn[nH]c12. The topological polar surface area (TPSA) is 133 Å². The van der Waals surface area contributed by atoms with E-state index >= 15 is 0 Å². The average molecular weight is 634 g/mol. The summed E-state index contributed by atoms with van der Waals surface area (Å²) in [5.41, 5.74) is 6.32. The number of fused-ring (bicyclic) bond motifs is 3. The van der Waals surface area contributed by atoms with E-state index in [0.29, 0.717) is 63.5 Å². The van der Waals surface area contributed by atoms with Gasteiger partial charge in [0.1, 0.15) is 11.9 Å². The number of benzene rings is 2. The summed E-state index contributed by atoms with van der Waals surface area (Å²) in [5.74, 6) is 0.0102. The number of hydrogen-bond acceptors (Lipinski definition) is 7. The second kappa shape index (κ2) is 12.4. The Hall–Kier alpha value is -4.87. The van der Waals surface area contributed by atoms with Crippen molar-refractivity contribution in [3.63, 3.8) is 0 Å². The van der Waals surface area contributed by atoms with Crippen LogP contribution in [0.4, 0.5) is 5.82 Å². The van der Waals surface area contributed by atoms with Crippen molar-refractivity contribution in [1.82, 2.24) is 30.3 Å². The summed E-state index contributed by atoms with van der Waals surface area (Å²) in [6, 6.07) is 10.9. The van der Waals surface area contributed by atoms with Crippen LogP contribution in [0.25, 0.3) is 17.0 Å². The number of H-pyrrole nitrogens is 1. The van der Waals surface area contributed by atoms with E-state index in [0.717, 1.165) is 44.3 Å². The average Bonchev–Trinajstić information content (AvgIpc) is 3.76. The van der Waals surface area contributed by atoms with Gasteiger partial charge in [0.25, 0.3) is 5.91 Å². The monoisotopic (exact) mass is 633 g/mol. The van der Waals surface area contributed by atoms with E-state index in [-0.39, 0.29) is 17.7 Å². The molecular weight excluding hydrogens is 594 g/mol. The van der Waals surface area contributed by atoms with Gasteiger partial charge in [0.05, 0.1) is 30.3 Å². The normalized spacial score (nSPS) is 23.0. The van der Waals surface area contributed by atoms with E-state index in [9.17, 15) is 14.4 Å². The van der Waals surface area contributed by atoms with Gasteiger partial charge in [-0.15, -0.1) is 0 Å². The van der Waals surface area contributed by atoms with Gasteiger partial charge in [-0.05, 0) is 78.9 Å². The van der Waals surface area contributed by atoms with Crippen molar-refractivity contribution < 1.29 is 19.1 Å². The van der Waals surface area contributed by atoms with Crippen LogP contribution in [0.15, 0.2) is 54.9 Å². The minimum absolute atomic E-state index is 0.0798. The highest BCUT2D eigenvalue weighted by molar-refractivity contribution is 6.06. The van der Waals surface area contributed by atoms with Crippen molar-refractivity contribution in [2.75, 3.05) is 52.3 Å². The first kappa shape index (κ1) is 30.8. The first-order valence-electron chi connectivity index (χ1n) is 16.1. The summed E-state index contributed by atoms with van der Waals surface area (Å²) in [6.07, 6.45) is 8.76. The lowest BCUT2D eigenvalue weighted by Crippen LogP contribution is -2.50. The molecule has 242 valence electrons. The Bertz CT molecular complexity index is 1920.